The van der Waals surface area contributed by atoms with Crippen LogP contribution < -0.4 is 5.32 Å². The average molecular weight is 414 g/mol. The van der Waals surface area contributed by atoms with Crippen molar-refractivity contribution in [3.63, 3.8) is 0 Å². The molecule has 3 aromatic rings. The lowest BCUT2D eigenvalue weighted by molar-refractivity contribution is 0.102. The van der Waals surface area contributed by atoms with Crippen molar-refractivity contribution in [3.8, 4) is 5.69 Å². The van der Waals surface area contributed by atoms with Crippen LogP contribution in [0.4, 0.5) is 10.1 Å². The summed E-state index contributed by atoms with van der Waals surface area (Å²) in [4.78, 5) is 12.7. The number of hydrogen-bond acceptors (Lipinski definition) is 4. The molecule has 0 saturated carbocycles. The summed E-state index contributed by atoms with van der Waals surface area (Å²) < 4.78 is 40.3. The van der Waals surface area contributed by atoms with Crippen LogP contribution in [0.3, 0.4) is 0 Å². The zero-order valence-electron chi connectivity index (χ0n) is 15.7. The van der Waals surface area contributed by atoms with E-state index in [-0.39, 0.29) is 18.1 Å². The molecule has 2 heterocycles. The van der Waals surface area contributed by atoms with Crippen LogP contribution >= 0.6 is 0 Å². The lowest BCUT2D eigenvalue weighted by Crippen LogP contribution is -2.35. The van der Waals surface area contributed by atoms with Gasteiger partial charge in [0.25, 0.3) is 5.91 Å². The van der Waals surface area contributed by atoms with Crippen LogP contribution in [0.5, 0.6) is 0 Å². The highest BCUT2D eigenvalue weighted by atomic mass is 32.2. The first kappa shape index (κ1) is 19.3. The molecule has 29 heavy (non-hydrogen) atoms. The van der Waals surface area contributed by atoms with Gasteiger partial charge in [-0.1, -0.05) is 24.3 Å². The molecule has 0 atom stereocenters. The monoisotopic (exact) mass is 414 g/mol. The predicted molar refractivity (Wildman–Crippen MR) is 107 cm³/mol. The molecule has 1 amide bonds. The molecular formula is C20H19FN4O3S. The molecule has 1 N–H and O–H groups in total. The number of amides is 1. The first-order chi connectivity index (χ1) is 13.8. The third kappa shape index (κ3) is 3.92. The van der Waals surface area contributed by atoms with Crippen LogP contribution in [0.1, 0.15) is 21.5 Å². The summed E-state index contributed by atoms with van der Waals surface area (Å²) in [5.74, 6) is -0.804. The van der Waals surface area contributed by atoms with Gasteiger partial charge in [0.05, 0.1) is 18.0 Å². The summed E-state index contributed by atoms with van der Waals surface area (Å²) in [6.45, 7) is 0.646. The Labute approximate surface area is 167 Å². The first-order valence-corrected chi connectivity index (χ1v) is 10.8. The topological polar surface area (TPSA) is 84.3 Å². The van der Waals surface area contributed by atoms with Crippen LogP contribution in [-0.2, 0) is 23.0 Å². The van der Waals surface area contributed by atoms with Gasteiger partial charge in [-0.3, -0.25) is 4.79 Å². The van der Waals surface area contributed by atoms with E-state index in [2.05, 4.69) is 10.4 Å². The van der Waals surface area contributed by atoms with Crippen molar-refractivity contribution < 1.29 is 17.6 Å². The second-order valence-electron chi connectivity index (χ2n) is 6.87. The van der Waals surface area contributed by atoms with Gasteiger partial charge >= 0.3 is 0 Å². The Morgan fingerprint density at radius 1 is 1.17 bits per heavy atom. The van der Waals surface area contributed by atoms with Gasteiger partial charge in [-0.2, -0.15) is 9.40 Å². The number of nitrogens with zero attached hydrogens (tertiary/aromatic N) is 3. The van der Waals surface area contributed by atoms with Crippen LogP contribution in [0.25, 0.3) is 5.69 Å². The highest BCUT2D eigenvalue weighted by Crippen LogP contribution is 2.27. The van der Waals surface area contributed by atoms with Crippen LogP contribution in [-0.4, -0.2) is 41.2 Å². The molecule has 9 heteroatoms. The molecule has 150 valence electrons. The number of carbonyl (C=O) groups excluding carboxylic acids is 1. The van der Waals surface area contributed by atoms with Crippen molar-refractivity contribution in [1.29, 1.82) is 0 Å². The molecule has 0 radical (unpaired) electrons. The molecule has 7 nitrogen and oxygen atoms in total. The van der Waals surface area contributed by atoms with Gasteiger partial charge < -0.3 is 5.32 Å². The van der Waals surface area contributed by atoms with Gasteiger partial charge in [-0.15, -0.1) is 0 Å². The van der Waals surface area contributed by atoms with E-state index >= 15 is 0 Å². The van der Waals surface area contributed by atoms with Crippen molar-refractivity contribution in [1.82, 2.24) is 14.1 Å². The fraction of sp³-hybridized carbons (Fsp3) is 0.200. The van der Waals surface area contributed by atoms with Gasteiger partial charge in [-0.25, -0.2) is 17.5 Å². The number of nitrogens with one attached hydrogen (secondary N) is 1. The van der Waals surface area contributed by atoms with E-state index in [1.165, 1.54) is 33.7 Å². The molecule has 0 saturated heterocycles. The highest BCUT2D eigenvalue weighted by molar-refractivity contribution is 7.88. The Bertz CT molecular complexity index is 1190. The van der Waals surface area contributed by atoms with Gasteiger partial charge in [0.1, 0.15) is 11.5 Å². The molecule has 0 fully saturated rings. The third-order valence-corrected chi connectivity index (χ3v) is 6.14. The number of fused-ring (bicyclic) bond motifs is 1. The lowest BCUT2D eigenvalue weighted by atomic mass is 9.99. The summed E-state index contributed by atoms with van der Waals surface area (Å²) in [5, 5.41) is 6.94. The van der Waals surface area contributed by atoms with Gasteiger partial charge in [0.15, 0.2) is 0 Å². The Kier molecular flexibility index (Phi) is 4.93. The van der Waals surface area contributed by atoms with Crippen molar-refractivity contribution in [2.75, 3.05) is 18.1 Å². The maximum absolute atomic E-state index is 13.9. The fourth-order valence-corrected chi connectivity index (χ4v) is 4.18. The number of hydrogen-bond donors (Lipinski definition) is 1. The van der Waals surface area contributed by atoms with Crippen molar-refractivity contribution in [3.05, 3.63) is 77.4 Å². The van der Waals surface area contributed by atoms with E-state index in [0.717, 1.165) is 11.1 Å². The zero-order valence-corrected chi connectivity index (χ0v) is 16.5. The van der Waals surface area contributed by atoms with Gasteiger partial charge in [0.2, 0.25) is 10.0 Å². The second-order valence-corrected chi connectivity index (χ2v) is 8.85. The van der Waals surface area contributed by atoms with E-state index < -0.39 is 15.8 Å². The molecule has 0 spiro atoms. The van der Waals surface area contributed by atoms with Crippen molar-refractivity contribution in [2.24, 2.45) is 0 Å². The molecule has 4 rings (SSSR count). The summed E-state index contributed by atoms with van der Waals surface area (Å²) >= 11 is 0. The Hall–Kier alpha value is -3.04. The Morgan fingerprint density at radius 2 is 1.97 bits per heavy atom. The number of para-hydroxylation sites is 1. The SMILES string of the molecule is CS(=O)(=O)N1CCc2c(cccc2NC(=O)c2cnn(-c3ccccc3F)c2)C1. The van der Waals surface area contributed by atoms with Crippen molar-refractivity contribution >= 4 is 21.6 Å². The Morgan fingerprint density at radius 3 is 2.72 bits per heavy atom. The second kappa shape index (κ2) is 7.41. The summed E-state index contributed by atoms with van der Waals surface area (Å²) in [7, 11) is -3.27. The first-order valence-electron chi connectivity index (χ1n) is 9.00. The van der Waals surface area contributed by atoms with E-state index in [9.17, 15) is 17.6 Å². The van der Waals surface area contributed by atoms with Crippen LogP contribution in [0, 0.1) is 5.82 Å². The number of sulfonamides is 1. The predicted octanol–water partition coefficient (Wildman–Crippen LogP) is 2.58. The van der Waals surface area contributed by atoms with E-state index in [1.807, 2.05) is 6.07 Å². The zero-order chi connectivity index (χ0) is 20.6. The minimum atomic E-state index is -3.27. The van der Waals surface area contributed by atoms with E-state index in [0.29, 0.717) is 24.2 Å². The van der Waals surface area contributed by atoms with Gasteiger partial charge in [0, 0.05) is 25.0 Å². The molecular weight excluding hydrogens is 395 g/mol. The number of benzene rings is 2. The number of carbonyl (C=O) groups is 1. The molecule has 1 aliphatic heterocycles. The summed E-state index contributed by atoms with van der Waals surface area (Å²) in [6.07, 6.45) is 4.54. The molecule has 2 aromatic carbocycles. The number of rotatable bonds is 4. The molecule has 0 unspecified atom stereocenters. The maximum atomic E-state index is 13.9. The van der Waals surface area contributed by atoms with Crippen molar-refractivity contribution in [2.45, 2.75) is 13.0 Å². The lowest BCUT2D eigenvalue weighted by Gasteiger charge is -2.28. The highest BCUT2D eigenvalue weighted by Gasteiger charge is 2.25. The van der Waals surface area contributed by atoms with E-state index in [4.69, 9.17) is 0 Å². The van der Waals surface area contributed by atoms with Gasteiger partial charge in [-0.05, 0) is 35.7 Å². The standard InChI is InChI=1S/C20H19FN4O3S/c1-29(27,28)24-10-9-16-14(12-24)5-4-7-18(16)23-20(26)15-11-22-25(13-15)19-8-3-2-6-17(19)21/h2-8,11,13H,9-10,12H2,1H3,(H,23,26). The minimum absolute atomic E-state index is 0.254. The average Bonchev–Trinajstić information content (AvgIpc) is 3.17. The number of halogens is 1. The molecule has 1 aromatic heterocycles. The fourth-order valence-electron chi connectivity index (χ4n) is 3.39. The number of anilines is 1. The molecule has 0 aliphatic carbocycles. The largest absolute Gasteiger partial charge is 0.322 e. The van der Waals surface area contributed by atoms with E-state index in [1.54, 1.807) is 30.3 Å². The number of aromatic nitrogens is 2. The minimum Gasteiger partial charge on any atom is -0.322 e. The third-order valence-electron chi connectivity index (χ3n) is 4.89. The quantitative estimate of drug-likeness (QED) is 0.711. The molecule has 0 bridgehead atoms. The summed E-state index contributed by atoms with van der Waals surface area (Å²) in [5.41, 5.74) is 2.96. The summed E-state index contributed by atoms with van der Waals surface area (Å²) in [6, 6.07) is 11.6. The maximum Gasteiger partial charge on any atom is 0.258 e. The smallest absolute Gasteiger partial charge is 0.258 e. The van der Waals surface area contributed by atoms with Crippen LogP contribution in [0.15, 0.2) is 54.9 Å². The normalized spacial score (nSPS) is 14.4. The van der Waals surface area contributed by atoms with Crippen LogP contribution in [0.2, 0.25) is 0 Å². The molecule has 1 aliphatic rings. The Balaban J connectivity index is 1.56.